The smallest absolute Gasteiger partial charge is 0.330 e. The number of ether oxygens (including phenoxy) is 1. The molecule has 92 valence electrons. The average Bonchev–Trinajstić information content (AvgIpc) is 2.29. The van der Waals surface area contributed by atoms with E-state index in [1.165, 1.54) is 11.6 Å². The minimum atomic E-state index is -0.304. The van der Waals surface area contributed by atoms with E-state index >= 15 is 0 Å². The van der Waals surface area contributed by atoms with Crippen molar-refractivity contribution in [3.63, 3.8) is 0 Å². The zero-order valence-corrected chi connectivity index (χ0v) is 11.6. The lowest BCUT2D eigenvalue weighted by atomic mass is 10.2. The van der Waals surface area contributed by atoms with Crippen LogP contribution in [0.2, 0.25) is 0 Å². The van der Waals surface area contributed by atoms with Crippen LogP contribution in [0.5, 0.6) is 0 Å². The highest BCUT2D eigenvalue weighted by Gasteiger charge is 1.96. The van der Waals surface area contributed by atoms with Crippen molar-refractivity contribution >= 4 is 27.6 Å². The maximum absolute atomic E-state index is 11.0. The Balaban J connectivity index is 2.40. The first kappa shape index (κ1) is 13.8. The molecule has 0 spiro atoms. The Hall–Kier alpha value is -1.29. The summed E-state index contributed by atoms with van der Waals surface area (Å²) in [4.78, 5) is 11.0. The first-order chi connectivity index (χ1) is 8.13. The molecule has 0 atom stereocenters. The van der Waals surface area contributed by atoms with E-state index < -0.39 is 0 Å². The molecule has 0 aliphatic rings. The number of anilines is 1. The molecule has 3 nitrogen and oxygen atoms in total. The largest absolute Gasteiger partial charge is 0.463 e. The van der Waals surface area contributed by atoms with E-state index in [4.69, 9.17) is 4.74 Å². The van der Waals surface area contributed by atoms with Crippen LogP contribution in [0.3, 0.4) is 0 Å². The highest BCUT2D eigenvalue weighted by atomic mass is 79.9. The number of nitrogens with one attached hydrogen (secondary N) is 1. The summed E-state index contributed by atoms with van der Waals surface area (Å²) in [7, 11) is 0. The van der Waals surface area contributed by atoms with Crippen LogP contribution in [0.25, 0.3) is 0 Å². The van der Waals surface area contributed by atoms with Gasteiger partial charge in [-0.15, -0.1) is 0 Å². The van der Waals surface area contributed by atoms with Crippen molar-refractivity contribution in [2.24, 2.45) is 0 Å². The molecular formula is C13H16BrNO2. The van der Waals surface area contributed by atoms with Gasteiger partial charge in [0, 0.05) is 22.8 Å². The van der Waals surface area contributed by atoms with Gasteiger partial charge >= 0.3 is 5.97 Å². The van der Waals surface area contributed by atoms with Crippen molar-refractivity contribution in [1.82, 2.24) is 0 Å². The molecule has 0 unspecified atom stereocenters. The summed E-state index contributed by atoms with van der Waals surface area (Å²) in [5, 5.41) is 3.19. The number of carbonyl (C=O) groups is 1. The average molecular weight is 298 g/mol. The fourth-order valence-electron chi connectivity index (χ4n) is 1.28. The first-order valence-electron chi connectivity index (χ1n) is 5.46. The SMILES string of the molecule is CCOC(=O)/C=C/CNc1ccc(Br)c(C)c1. The second-order valence-corrected chi connectivity index (χ2v) is 4.35. The number of hydrogen-bond donors (Lipinski definition) is 1. The molecule has 17 heavy (non-hydrogen) atoms. The fourth-order valence-corrected chi connectivity index (χ4v) is 1.52. The monoisotopic (exact) mass is 297 g/mol. The molecule has 0 fully saturated rings. The maximum atomic E-state index is 11.0. The molecule has 4 heteroatoms. The molecule has 1 aromatic carbocycles. The Morgan fingerprint density at radius 1 is 1.53 bits per heavy atom. The summed E-state index contributed by atoms with van der Waals surface area (Å²) in [6, 6.07) is 6.02. The van der Waals surface area contributed by atoms with Gasteiger partial charge in [0.05, 0.1) is 6.61 Å². The Morgan fingerprint density at radius 3 is 2.94 bits per heavy atom. The number of carbonyl (C=O) groups excluding carboxylic acids is 1. The quantitative estimate of drug-likeness (QED) is 0.669. The van der Waals surface area contributed by atoms with Crippen molar-refractivity contribution in [2.45, 2.75) is 13.8 Å². The van der Waals surface area contributed by atoms with Crippen LogP contribution in [0.4, 0.5) is 5.69 Å². The van der Waals surface area contributed by atoms with E-state index in [0.717, 1.165) is 10.2 Å². The van der Waals surface area contributed by atoms with E-state index in [1.54, 1.807) is 13.0 Å². The molecule has 0 aliphatic carbocycles. The van der Waals surface area contributed by atoms with Crippen LogP contribution < -0.4 is 5.32 Å². The van der Waals surface area contributed by atoms with Crippen molar-refractivity contribution in [3.05, 3.63) is 40.4 Å². The topological polar surface area (TPSA) is 38.3 Å². The molecule has 0 saturated carbocycles. The third kappa shape index (κ3) is 5.04. The third-order valence-electron chi connectivity index (χ3n) is 2.12. The lowest BCUT2D eigenvalue weighted by molar-refractivity contribution is -0.137. The fraction of sp³-hybridized carbons (Fsp3) is 0.308. The van der Waals surface area contributed by atoms with E-state index in [-0.39, 0.29) is 5.97 Å². The van der Waals surface area contributed by atoms with Gasteiger partial charge in [-0.05, 0) is 37.6 Å². The van der Waals surface area contributed by atoms with Gasteiger partial charge in [0.25, 0.3) is 0 Å². The Kier molecular flexibility index (Phi) is 5.77. The maximum Gasteiger partial charge on any atom is 0.330 e. The molecule has 0 bridgehead atoms. The van der Waals surface area contributed by atoms with Crippen LogP contribution in [0.1, 0.15) is 12.5 Å². The summed E-state index contributed by atoms with van der Waals surface area (Å²) in [5.41, 5.74) is 2.20. The molecule has 1 rings (SSSR count). The first-order valence-corrected chi connectivity index (χ1v) is 6.26. The number of hydrogen-bond acceptors (Lipinski definition) is 3. The summed E-state index contributed by atoms with van der Waals surface area (Å²) < 4.78 is 5.86. The zero-order valence-electron chi connectivity index (χ0n) is 10.00. The van der Waals surface area contributed by atoms with Crippen molar-refractivity contribution in [2.75, 3.05) is 18.5 Å². The van der Waals surface area contributed by atoms with E-state index in [9.17, 15) is 4.79 Å². The normalized spacial score (nSPS) is 10.5. The van der Waals surface area contributed by atoms with Gasteiger partial charge in [0.1, 0.15) is 0 Å². The van der Waals surface area contributed by atoms with Gasteiger partial charge in [0.2, 0.25) is 0 Å². The predicted molar refractivity (Wildman–Crippen MR) is 73.1 cm³/mol. The minimum absolute atomic E-state index is 0.304. The van der Waals surface area contributed by atoms with Crippen LogP contribution in [0, 0.1) is 6.92 Å². The van der Waals surface area contributed by atoms with Crippen LogP contribution >= 0.6 is 15.9 Å². The van der Waals surface area contributed by atoms with E-state index in [0.29, 0.717) is 13.2 Å². The number of aryl methyl sites for hydroxylation is 1. The summed E-state index contributed by atoms with van der Waals surface area (Å²) in [6.45, 7) is 4.82. The summed E-state index contributed by atoms with van der Waals surface area (Å²) in [5.74, 6) is -0.304. The second kappa shape index (κ2) is 7.12. The van der Waals surface area contributed by atoms with Gasteiger partial charge in [0.15, 0.2) is 0 Å². The van der Waals surface area contributed by atoms with Gasteiger partial charge in [-0.2, -0.15) is 0 Å². The standard InChI is InChI=1S/C13H16BrNO2/c1-3-17-13(16)5-4-8-15-11-6-7-12(14)10(2)9-11/h4-7,9,15H,3,8H2,1-2H3/b5-4+. The number of rotatable bonds is 5. The molecule has 0 aliphatic heterocycles. The highest BCUT2D eigenvalue weighted by Crippen LogP contribution is 2.19. The van der Waals surface area contributed by atoms with Crippen molar-refractivity contribution < 1.29 is 9.53 Å². The summed E-state index contributed by atoms with van der Waals surface area (Å²) >= 11 is 3.44. The highest BCUT2D eigenvalue weighted by molar-refractivity contribution is 9.10. The van der Waals surface area contributed by atoms with Crippen LogP contribution in [0.15, 0.2) is 34.8 Å². The van der Waals surface area contributed by atoms with Gasteiger partial charge in [-0.25, -0.2) is 4.79 Å². The Bertz CT molecular complexity index is 416. The second-order valence-electron chi connectivity index (χ2n) is 3.50. The molecule has 0 amide bonds. The molecule has 0 saturated heterocycles. The number of benzene rings is 1. The van der Waals surface area contributed by atoms with Gasteiger partial charge in [-0.3, -0.25) is 0 Å². The molecule has 0 radical (unpaired) electrons. The molecule has 0 aromatic heterocycles. The van der Waals surface area contributed by atoms with E-state index in [1.807, 2.05) is 25.1 Å². The van der Waals surface area contributed by atoms with Crippen LogP contribution in [-0.2, 0) is 9.53 Å². The molecular weight excluding hydrogens is 282 g/mol. The van der Waals surface area contributed by atoms with Gasteiger partial charge < -0.3 is 10.1 Å². The van der Waals surface area contributed by atoms with Crippen molar-refractivity contribution in [3.8, 4) is 0 Å². The Morgan fingerprint density at radius 2 is 2.29 bits per heavy atom. The minimum Gasteiger partial charge on any atom is -0.463 e. The van der Waals surface area contributed by atoms with E-state index in [2.05, 4.69) is 21.2 Å². The summed E-state index contributed by atoms with van der Waals surface area (Å²) in [6.07, 6.45) is 3.18. The molecule has 1 N–H and O–H groups in total. The lowest BCUT2D eigenvalue weighted by Gasteiger charge is -2.05. The Labute approximate surface area is 110 Å². The zero-order chi connectivity index (χ0) is 12.7. The molecule has 0 heterocycles. The molecule has 1 aromatic rings. The predicted octanol–water partition coefficient (Wildman–Crippen LogP) is 3.29. The van der Waals surface area contributed by atoms with Crippen LogP contribution in [-0.4, -0.2) is 19.1 Å². The lowest BCUT2D eigenvalue weighted by Crippen LogP contribution is -2.02. The number of esters is 1. The number of halogens is 1. The third-order valence-corrected chi connectivity index (χ3v) is 3.01. The van der Waals surface area contributed by atoms with Crippen molar-refractivity contribution in [1.29, 1.82) is 0 Å². The van der Waals surface area contributed by atoms with Gasteiger partial charge in [-0.1, -0.05) is 22.0 Å².